The van der Waals surface area contributed by atoms with Crippen LogP contribution >= 0.6 is 27.7 Å². The molecule has 7 atom stereocenters. The summed E-state index contributed by atoms with van der Waals surface area (Å²) >= 11 is 5.52. The first kappa shape index (κ1) is 34.8. The SMILES string of the molecule is C=CCN(C(=O)[C@H]1[C@H]2C(=O)N([C@@H](CO)C(C)C)C(C(=O)N(CC=C)C(C)(C)CC(C)(C)C)C23CC(Br)[C@@H]1S3)c1ccccc1. The van der Waals surface area contributed by atoms with Crippen LogP contribution in [0.5, 0.6) is 0 Å². The summed E-state index contributed by atoms with van der Waals surface area (Å²) in [7, 11) is 0. The number of carbonyl (C=O) groups is 3. The van der Waals surface area contributed by atoms with E-state index < -0.39 is 34.2 Å². The van der Waals surface area contributed by atoms with Crippen molar-refractivity contribution in [2.75, 3.05) is 24.6 Å². The Bertz CT molecular complexity index is 1260. The van der Waals surface area contributed by atoms with Crippen molar-refractivity contribution < 1.29 is 19.5 Å². The number of halogens is 1. The number of fused-ring (bicyclic) bond motifs is 1. The summed E-state index contributed by atoms with van der Waals surface area (Å²) in [4.78, 5) is 49.7. The van der Waals surface area contributed by atoms with Crippen molar-refractivity contribution in [1.29, 1.82) is 0 Å². The molecule has 3 aliphatic heterocycles. The number of benzene rings is 1. The van der Waals surface area contributed by atoms with E-state index in [1.807, 2.05) is 49.1 Å². The number of alkyl halides is 1. The lowest BCUT2D eigenvalue weighted by Crippen LogP contribution is -2.62. The second-order valence-corrected chi connectivity index (χ2v) is 17.5. The maximum Gasteiger partial charge on any atom is 0.247 e. The minimum atomic E-state index is -0.823. The summed E-state index contributed by atoms with van der Waals surface area (Å²) < 4.78 is -0.816. The second-order valence-electron chi connectivity index (χ2n) is 14.8. The summed E-state index contributed by atoms with van der Waals surface area (Å²) in [5.41, 5.74) is 0.167. The smallest absolute Gasteiger partial charge is 0.247 e. The number of rotatable bonds is 12. The van der Waals surface area contributed by atoms with Crippen molar-refractivity contribution in [2.24, 2.45) is 23.2 Å². The Labute approximate surface area is 276 Å². The number of amides is 3. The van der Waals surface area contributed by atoms with Crippen LogP contribution in [0.25, 0.3) is 0 Å². The summed E-state index contributed by atoms with van der Waals surface area (Å²) in [5, 5.41) is 10.5. The lowest BCUT2D eigenvalue weighted by molar-refractivity contribution is -0.150. The first-order valence-corrected chi connectivity index (χ1v) is 17.5. The summed E-state index contributed by atoms with van der Waals surface area (Å²) in [6.07, 6.45) is 4.78. The van der Waals surface area contributed by atoms with Crippen LogP contribution in [-0.4, -0.2) is 84.8 Å². The zero-order chi connectivity index (χ0) is 32.8. The van der Waals surface area contributed by atoms with E-state index in [0.29, 0.717) is 19.5 Å². The van der Waals surface area contributed by atoms with Crippen molar-refractivity contribution in [1.82, 2.24) is 9.80 Å². The Morgan fingerprint density at radius 1 is 1.11 bits per heavy atom. The molecule has 1 N–H and O–H groups in total. The highest BCUT2D eigenvalue weighted by atomic mass is 79.9. The molecule has 44 heavy (non-hydrogen) atoms. The Kier molecular flexibility index (Phi) is 10.2. The van der Waals surface area contributed by atoms with Crippen molar-refractivity contribution >= 4 is 51.1 Å². The normalized spacial score (nSPS) is 28.6. The average Bonchev–Trinajstić information content (AvgIpc) is 3.52. The molecule has 0 radical (unpaired) electrons. The molecular formula is C35H50BrN3O4S. The molecule has 3 aliphatic rings. The molecule has 7 nitrogen and oxygen atoms in total. The van der Waals surface area contributed by atoms with Crippen LogP contribution in [0, 0.1) is 23.2 Å². The van der Waals surface area contributed by atoms with Gasteiger partial charge in [0.2, 0.25) is 17.7 Å². The molecule has 242 valence electrons. The summed E-state index contributed by atoms with van der Waals surface area (Å²) in [6, 6.07) is 8.09. The maximum absolute atomic E-state index is 15.1. The van der Waals surface area contributed by atoms with Crippen LogP contribution in [0.3, 0.4) is 0 Å². The molecule has 0 aliphatic carbocycles. The highest BCUT2D eigenvalue weighted by molar-refractivity contribution is 9.09. The number of likely N-dealkylation sites (tertiary alicyclic amines) is 1. The number of aliphatic hydroxyl groups is 1. The van der Waals surface area contributed by atoms with Gasteiger partial charge in [-0.3, -0.25) is 14.4 Å². The second kappa shape index (κ2) is 13.0. The van der Waals surface area contributed by atoms with Gasteiger partial charge in [0.05, 0.1) is 29.2 Å². The fraction of sp³-hybridized carbons (Fsp3) is 0.629. The molecule has 0 saturated carbocycles. The van der Waals surface area contributed by atoms with E-state index in [0.717, 1.165) is 12.1 Å². The minimum absolute atomic E-state index is 0.0498. The van der Waals surface area contributed by atoms with E-state index in [4.69, 9.17) is 0 Å². The quantitative estimate of drug-likeness (QED) is 0.218. The third-order valence-electron chi connectivity index (χ3n) is 9.48. The van der Waals surface area contributed by atoms with E-state index in [1.54, 1.807) is 33.7 Å². The zero-order valence-electron chi connectivity index (χ0n) is 27.3. The van der Waals surface area contributed by atoms with Gasteiger partial charge in [0.15, 0.2) is 0 Å². The molecule has 1 aromatic rings. The Morgan fingerprint density at radius 2 is 1.73 bits per heavy atom. The minimum Gasteiger partial charge on any atom is -0.394 e. The van der Waals surface area contributed by atoms with Gasteiger partial charge >= 0.3 is 0 Å². The molecule has 1 spiro atoms. The molecule has 3 unspecified atom stereocenters. The molecule has 2 bridgehead atoms. The third-order valence-corrected chi connectivity index (χ3v) is 12.7. The van der Waals surface area contributed by atoms with Gasteiger partial charge in [-0.15, -0.1) is 24.9 Å². The van der Waals surface area contributed by atoms with E-state index in [1.165, 1.54) is 0 Å². The number of carbonyl (C=O) groups excluding carboxylic acids is 3. The average molecular weight is 689 g/mol. The molecule has 3 heterocycles. The van der Waals surface area contributed by atoms with Gasteiger partial charge in [-0.2, -0.15) is 0 Å². The largest absolute Gasteiger partial charge is 0.394 e. The van der Waals surface area contributed by atoms with Crippen LogP contribution < -0.4 is 4.90 Å². The van der Waals surface area contributed by atoms with Crippen LogP contribution in [0.15, 0.2) is 55.6 Å². The van der Waals surface area contributed by atoms with Gasteiger partial charge < -0.3 is 19.8 Å². The van der Waals surface area contributed by atoms with Crippen molar-refractivity contribution in [3.05, 3.63) is 55.6 Å². The van der Waals surface area contributed by atoms with E-state index in [2.05, 4.69) is 63.7 Å². The third kappa shape index (κ3) is 6.05. The predicted octanol–water partition coefficient (Wildman–Crippen LogP) is 5.92. The highest BCUT2D eigenvalue weighted by Gasteiger charge is 2.77. The van der Waals surface area contributed by atoms with Crippen LogP contribution in [0.2, 0.25) is 0 Å². The van der Waals surface area contributed by atoms with Gasteiger partial charge in [-0.25, -0.2) is 0 Å². The fourth-order valence-electron chi connectivity index (χ4n) is 8.15. The van der Waals surface area contributed by atoms with Gasteiger partial charge in [-0.05, 0) is 50.2 Å². The first-order valence-electron chi connectivity index (χ1n) is 15.7. The molecule has 3 amide bonds. The number of hydrogen-bond acceptors (Lipinski definition) is 5. The first-order chi connectivity index (χ1) is 20.6. The van der Waals surface area contributed by atoms with Crippen molar-refractivity contribution in [3.8, 4) is 0 Å². The predicted molar refractivity (Wildman–Crippen MR) is 184 cm³/mol. The number of thioether (sulfide) groups is 1. The van der Waals surface area contributed by atoms with Crippen molar-refractivity contribution in [3.63, 3.8) is 0 Å². The highest BCUT2D eigenvalue weighted by Crippen LogP contribution is 2.68. The molecule has 9 heteroatoms. The number of nitrogens with zero attached hydrogens (tertiary/aromatic N) is 3. The lowest BCUT2D eigenvalue weighted by Gasteiger charge is -2.47. The molecule has 3 saturated heterocycles. The van der Waals surface area contributed by atoms with Gasteiger partial charge in [0.25, 0.3) is 0 Å². The number of para-hydroxylation sites is 1. The Hall–Kier alpha value is -2.10. The zero-order valence-corrected chi connectivity index (χ0v) is 29.7. The molecule has 1 aromatic carbocycles. The number of aliphatic hydroxyl groups excluding tert-OH is 1. The van der Waals surface area contributed by atoms with Crippen LogP contribution in [0.1, 0.15) is 61.3 Å². The van der Waals surface area contributed by atoms with E-state index in [9.17, 15) is 14.7 Å². The summed E-state index contributed by atoms with van der Waals surface area (Å²) in [5.74, 6) is -1.89. The number of hydrogen-bond donors (Lipinski definition) is 1. The molecule has 4 rings (SSSR count). The van der Waals surface area contributed by atoms with Crippen molar-refractivity contribution in [2.45, 2.75) is 93.8 Å². The van der Waals surface area contributed by atoms with E-state index >= 15 is 4.79 Å². The topological polar surface area (TPSA) is 81.2 Å². The molecular weight excluding hydrogens is 638 g/mol. The van der Waals surface area contributed by atoms with Crippen LogP contribution in [0.4, 0.5) is 5.69 Å². The fourth-order valence-corrected chi connectivity index (χ4v) is 11.7. The lowest BCUT2D eigenvalue weighted by atomic mass is 9.70. The van der Waals surface area contributed by atoms with E-state index in [-0.39, 0.29) is 45.7 Å². The van der Waals surface area contributed by atoms with Gasteiger partial charge in [-0.1, -0.05) is 80.9 Å². The van der Waals surface area contributed by atoms with Gasteiger partial charge in [0, 0.05) is 34.4 Å². The summed E-state index contributed by atoms with van der Waals surface area (Å²) in [6.45, 7) is 22.8. The molecule has 0 aromatic heterocycles. The monoisotopic (exact) mass is 687 g/mol. The Morgan fingerprint density at radius 3 is 2.25 bits per heavy atom. The molecule has 3 fully saturated rings. The Balaban J connectivity index is 1.87. The van der Waals surface area contributed by atoms with Gasteiger partial charge in [0.1, 0.15) is 6.04 Å². The van der Waals surface area contributed by atoms with Crippen LogP contribution in [-0.2, 0) is 14.4 Å². The standard InChI is InChI=1S/C35H50BrN3O4S/c1-10-17-37(23-15-13-12-14-16-23)30(41)26-27-31(42)39(25(20-40)22(3)4)29(35(27)19-24(36)28(26)44-35)32(43)38(18-11-2)34(8,9)21-33(5,6)7/h10-16,22,24-29,40H,1-2,17-21H2,3-9H3/t24?,25-,26-,27-,28-,29?,35?/m0/s1. The number of anilines is 1. The maximum atomic E-state index is 15.1.